The number of rotatable bonds is 4. The van der Waals surface area contributed by atoms with Crippen LogP contribution in [0.5, 0.6) is 0 Å². The second-order valence-corrected chi connectivity index (χ2v) is 5.11. The van der Waals surface area contributed by atoms with Crippen molar-refractivity contribution < 1.29 is 4.79 Å². The van der Waals surface area contributed by atoms with Crippen LogP contribution in [0, 0.1) is 0 Å². The summed E-state index contributed by atoms with van der Waals surface area (Å²) in [7, 11) is 0. The van der Waals surface area contributed by atoms with Crippen LogP contribution in [0.15, 0.2) is 36.7 Å². The number of aromatic nitrogens is 2. The predicted octanol–water partition coefficient (Wildman–Crippen LogP) is 1.90. The van der Waals surface area contributed by atoms with E-state index in [1.54, 1.807) is 6.20 Å². The summed E-state index contributed by atoms with van der Waals surface area (Å²) in [4.78, 5) is 11.8. The van der Waals surface area contributed by atoms with Gasteiger partial charge in [0.25, 0.3) is 5.91 Å². The Hall–Kier alpha value is -2.14. The second kappa shape index (κ2) is 5.24. The van der Waals surface area contributed by atoms with Gasteiger partial charge in [-0.3, -0.25) is 9.89 Å². The Morgan fingerprint density at radius 1 is 1.37 bits per heavy atom. The quantitative estimate of drug-likeness (QED) is 0.783. The van der Waals surface area contributed by atoms with Crippen molar-refractivity contribution in [3.05, 3.63) is 47.8 Å². The lowest BCUT2D eigenvalue weighted by atomic mass is 9.85. The number of H-pyrrole nitrogens is 1. The largest absolute Gasteiger partial charge is 0.330 e. The summed E-state index contributed by atoms with van der Waals surface area (Å²) in [6.45, 7) is 4.76. The summed E-state index contributed by atoms with van der Waals surface area (Å²) < 4.78 is 0. The molecule has 0 saturated carbocycles. The fraction of sp³-hybridized carbons (Fsp3) is 0.286. The molecule has 0 aliphatic carbocycles. The maximum absolute atomic E-state index is 11.8. The van der Waals surface area contributed by atoms with Crippen molar-refractivity contribution in [3.8, 4) is 0 Å². The molecule has 19 heavy (non-hydrogen) atoms. The van der Waals surface area contributed by atoms with E-state index in [9.17, 15) is 4.79 Å². The SMILES string of the molecule is CC(C)(CN)c1ccc(NC(=O)c2cn[nH]c2)cc1. The average Bonchev–Trinajstić information content (AvgIpc) is 2.93. The number of carbonyl (C=O) groups excluding carboxylic acids is 1. The summed E-state index contributed by atoms with van der Waals surface area (Å²) in [6, 6.07) is 7.73. The van der Waals surface area contributed by atoms with Crippen LogP contribution < -0.4 is 11.1 Å². The molecular weight excluding hydrogens is 240 g/mol. The van der Waals surface area contributed by atoms with E-state index in [1.807, 2.05) is 24.3 Å². The lowest BCUT2D eigenvalue weighted by molar-refractivity contribution is 0.102. The minimum atomic E-state index is -0.181. The van der Waals surface area contributed by atoms with Crippen LogP contribution >= 0.6 is 0 Å². The van der Waals surface area contributed by atoms with E-state index in [1.165, 1.54) is 6.20 Å². The Labute approximate surface area is 112 Å². The molecule has 100 valence electrons. The van der Waals surface area contributed by atoms with Gasteiger partial charge in [0.05, 0.1) is 11.8 Å². The normalized spacial score (nSPS) is 11.3. The zero-order chi connectivity index (χ0) is 13.9. The van der Waals surface area contributed by atoms with Gasteiger partial charge in [-0.1, -0.05) is 26.0 Å². The highest BCUT2D eigenvalue weighted by atomic mass is 16.1. The minimum absolute atomic E-state index is 0.0624. The zero-order valence-corrected chi connectivity index (χ0v) is 11.1. The molecule has 1 aromatic carbocycles. The standard InChI is InChI=1S/C14H18N4O/c1-14(2,9-15)11-3-5-12(6-4-11)18-13(19)10-7-16-17-8-10/h3-8H,9,15H2,1-2H3,(H,16,17)(H,18,19). The first-order valence-corrected chi connectivity index (χ1v) is 6.14. The molecule has 0 saturated heterocycles. The third kappa shape index (κ3) is 3.00. The molecule has 0 aliphatic heterocycles. The number of hydrogen-bond acceptors (Lipinski definition) is 3. The van der Waals surface area contributed by atoms with Crippen molar-refractivity contribution >= 4 is 11.6 Å². The van der Waals surface area contributed by atoms with E-state index in [2.05, 4.69) is 29.4 Å². The molecule has 5 nitrogen and oxygen atoms in total. The molecule has 0 fully saturated rings. The van der Waals surface area contributed by atoms with Gasteiger partial charge in [-0.2, -0.15) is 5.10 Å². The number of nitrogens with one attached hydrogen (secondary N) is 2. The Morgan fingerprint density at radius 2 is 2.05 bits per heavy atom. The van der Waals surface area contributed by atoms with Crippen molar-refractivity contribution in [3.63, 3.8) is 0 Å². The Bertz CT molecular complexity index is 543. The fourth-order valence-electron chi connectivity index (χ4n) is 1.70. The summed E-state index contributed by atoms with van der Waals surface area (Å²) in [5, 5.41) is 9.16. The van der Waals surface area contributed by atoms with Crippen molar-refractivity contribution in [1.82, 2.24) is 10.2 Å². The fourth-order valence-corrected chi connectivity index (χ4v) is 1.70. The first kappa shape index (κ1) is 13.3. The van der Waals surface area contributed by atoms with Gasteiger partial charge in [0.1, 0.15) is 0 Å². The first-order chi connectivity index (χ1) is 9.03. The number of hydrogen-bond donors (Lipinski definition) is 3. The molecule has 0 unspecified atom stereocenters. The van der Waals surface area contributed by atoms with Gasteiger partial charge in [0, 0.05) is 23.8 Å². The lowest BCUT2D eigenvalue weighted by Crippen LogP contribution is -2.27. The summed E-state index contributed by atoms with van der Waals surface area (Å²) in [5.41, 5.74) is 8.09. The van der Waals surface area contributed by atoms with Crippen LogP contribution in [0.1, 0.15) is 29.8 Å². The number of nitrogens with two attached hydrogens (primary N) is 1. The molecule has 0 aliphatic rings. The van der Waals surface area contributed by atoms with Crippen LogP contribution in [0.25, 0.3) is 0 Å². The highest BCUT2D eigenvalue weighted by Gasteiger charge is 2.18. The molecule has 2 rings (SSSR count). The van der Waals surface area contributed by atoms with Crippen LogP contribution in [-0.2, 0) is 5.41 Å². The van der Waals surface area contributed by atoms with Gasteiger partial charge in [0.2, 0.25) is 0 Å². The highest BCUT2D eigenvalue weighted by molar-refractivity contribution is 6.03. The van der Waals surface area contributed by atoms with Gasteiger partial charge < -0.3 is 11.1 Å². The van der Waals surface area contributed by atoms with Crippen LogP contribution in [0.2, 0.25) is 0 Å². The monoisotopic (exact) mass is 258 g/mol. The Morgan fingerprint density at radius 3 is 2.58 bits per heavy atom. The topological polar surface area (TPSA) is 83.8 Å². The number of aromatic amines is 1. The van der Waals surface area contributed by atoms with E-state index in [0.717, 1.165) is 11.3 Å². The molecule has 4 N–H and O–H groups in total. The number of amides is 1. The zero-order valence-electron chi connectivity index (χ0n) is 11.1. The smallest absolute Gasteiger partial charge is 0.258 e. The van der Waals surface area contributed by atoms with Crippen LogP contribution in [0.4, 0.5) is 5.69 Å². The van der Waals surface area contributed by atoms with Crippen molar-refractivity contribution in [2.75, 3.05) is 11.9 Å². The number of carbonyl (C=O) groups is 1. The predicted molar refractivity (Wildman–Crippen MR) is 75.1 cm³/mol. The first-order valence-electron chi connectivity index (χ1n) is 6.14. The molecule has 1 aromatic heterocycles. The molecule has 5 heteroatoms. The molecular formula is C14H18N4O. The molecule has 1 heterocycles. The van der Waals surface area contributed by atoms with Gasteiger partial charge in [-0.15, -0.1) is 0 Å². The summed E-state index contributed by atoms with van der Waals surface area (Å²) >= 11 is 0. The van der Waals surface area contributed by atoms with Crippen LogP contribution in [-0.4, -0.2) is 22.6 Å². The van der Waals surface area contributed by atoms with Crippen molar-refractivity contribution in [1.29, 1.82) is 0 Å². The third-order valence-corrected chi connectivity index (χ3v) is 3.19. The van der Waals surface area contributed by atoms with E-state index >= 15 is 0 Å². The highest BCUT2D eigenvalue weighted by Crippen LogP contribution is 2.23. The summed E-state index contributed by atoms with van der Waals surface area (Å²) in [6.07, 6.45) is 3.04. The van der Waals surface area contributed by atoms with E-state index in [4.69, 9.17) is 5.73 Å². The lowest BCUT2D eigenvalue weighted by Gasteiger charge is -2.23. The molecule has 0 spiro atoms. The van der Waals surface area contributed by atoms with Gasteiger partial charge in [-0.25, -0.2) is 0 Å². The van der Waals surface area contributed by atoms with Gasteiger partial charge in [-0.05, 0) is 17.7 Å². The third-order valence-electron chi connectivity index (χ3n) is 3.19. The minimum Gasteiger partial charge on any atom is -0.330 e. The Kier molecular flexibility index (Phi) is 3.66. The number of benzene rings is 1. The van der Waals surface area contributed by atoms with Crippen LogP contribution in [0.3, 0.4) is 0 Å². The maximum Gasteiger partial charge on any atom is 0.258 e. The maximum atomic E-state index is 11.8. The summed E-state index contributed by atoms with van der Waals surface area (Å²) in [5.74, 6) is -0.181. The second-order valence-electron chi connectivity index (χ2n) is 5.11. The van der Waals surface area contributed by atoms with Crippen molar-refractivity contribution in [2.45, 2.75) is 19.3 Å². The molecule has 2 aromatic rings. The number of nitrogens with zero attached hydrogens (tertiary/aromatic N) is 1. The average molecular weight is 258 g/mol. The Balaban J connectivity index is 2.09. The number of anilines is 1. The van der Waals surface area contributed by atoms with Crippen molar-refractivity contribution in [2.24, 2.45) is 5.73 Å². The van der Waals surface area contributed by atoms with E-state index in [-0.39, 0.29) is 11.3 Å². The van der Waals surface area contributed by atoms with Gasteiger partial charge >= 0.3 is 0 Å². The molecule has 0 bridgehead atoms. The molecule has 0 radical (unpaired) electrons. The molecule has 0 atom stereocenters. The van der Waals surface area contributed by atoms with E-state index < -0.39 is 0 Å². The van der Waals surface area contributed by atoms with Gasteiger partial charge in [0.15, 0.2) is 0 Å². The molecule has 1 amide bonds. The van der Waals surface area contributed by atoms with E-state index in [0.29, 0.717) is 12.1 Å².